The summed E-state index contributed by atoms with van der Waals surface area (Å²) < 4.78 is 16.2. The molecule has 0 radical (unpaired) electrons. The summed E-state index contributed by atoms with van der Waals surface area (Å²) in [5.74, 6) is 2.51. The fraction of sp³-hybridized carbons (Fsp3) is 0.353. The molecule has 24 heavy (non-hydrogen) atoms. The van der Waals surface area contributed by atoms with Crippen LogP contribution in [0.4, 0.5) is 0 Å². The number of thiocarbonyl (C=S) groups is 1. The third kappa shape index (κ3) is 3.98. The number of hydrogen-bond donors (Lipinski definition) is 3. The highest BCUT2D eigenvalue weighted by molar-refractivity contribution is 7.80. The molecule has 7 heteroatoms. The van der Waals surface area contributed by atoms with Crippen LogP contribution >= 0.6 is 12.2 Å². The second-order valence-corrected chi connectivity index (χ2v) is 6.30. The zero-order valence-corrected chi connectivity index (χ0v) is 14.6. The molecule has 0 saturated heterocycles. The van der Waals surface area contributed by atoms with E-state index in [9.17, 15) is 0 Å². The van der Waals surface area contributed by atoms with Gasteiger partial charge < -0.3 is 29.4 Å². The highest BCUT2D eigenvalue weighted by Gasteiger charge is 2.20. The normalized spacial score (nSPS) is 13.8. The van der Waals surface area contributed by atoms with Crippen LogP contribution in [-0.4, -0.2) is 32.5 Å². The molecular formula is C17H22N3O3S+. The highest BCUT2D eigenvalue weighted by Crippen LogP contribution is 2.32. The van der Waals surface area contributed by atoms with Gasteiger partial charge in [0.2, 0.25) is 6.79 Å². The maximum Gasteiger partial charge on any atom is 0.231 e. The molecule has 0 fully saturated rings. The number of fused-ring (bicyclic) bond motifs is 1. The first kappa shape index (κ1) is 16.6. The van der Waals surface area contributed by atoms with Crippen molar-refractivity contribution in [3.05, 3.63) is 47.9 Å². The molecule has 0 aliphatic carbocycles. The molecule has 1 aliphatic rings. The molecule has 0 spiro atoms. The zero-order chi connectivity index (χ0) is 16.9. The molecule has 1 aromatic carbocycles. The zero-order valence-electron chi connectivity index (χ0n) is 13.8. The summed E-state index contributed by atoms with van der Waals surface area (Å²) in [7, 11) is 4.19. The Kier molecular flexibility index (Phi) is 5.22. The first-order valence-corrected chi connectivity index (χ1v) is 8.28. The number of furan rings is 1. The summed E-state index contributed by atoms with van der Waals surface area (Å²) in [5.41, 5.74) is 1.09. The van der Waals surface area contributed by atoms with Crippen LogP contribution in [0.3, 0.4) is 0 Å². The van der Waals surface area contributed by atoms with Gasteiger partial charge in [-0.3, -0.25) is 0 Å². The summed E-state index contributed by atoms with van der Waals surface area (Å²) in [6.07, 6.45) is 1.70. The minimum atomic E-state index is 0.199. The summed E-state index contributed by atoms with van der Waals surface area (Å²) in [5, 5.41) is 7.09. The van der Waals surface area contributed by atoms with Crippen molar-refractivity contribution in [1.29, 1.82) is 0 Å². The molecule has 2 heterocycles. The second-order valence-electron chi connectivity index (χ2n) is 5.90. The second kappa shape index (κ2) is 7.55. The van der Waals surface area contributed by atoms with Crippen LogP contribution in [0.15, 0.2) is 41.0 Å². The topological polar surface area (TPSA) is 60.1 Å². The van der Waals surface area contributed by atoms with E-state index >= 15 is 0 Å². The minimum Gasteiger partial charge on any atom is -0.463 e. The Hall–Kier alpha value is -2.25. The molecule has 3 N–H and O–H groups in total. The van der Waals surface area contributed by atoms with Gasteiger partial charge in [-0.25, -0.2) is 0 Å². The van der Waals surface area contributed by atoms with E-state index in [0.717, 1.165) is 22.8 Å². The highest BCUT2D eigenvalue weighted by atomic mass is 32.1. The number of hydrogen-bond acceptors (Lipinski definition) is 4. The average molecular weight is 348 g/mol. The van der Waals surface area contributed by atoms with Crippen molar-refractivity contribution in [2.45, 2.75) is 12.6 Å². The van der Waals surface area contributed by atoms with E-state index in [-0.39, 0.29) is 12.8 Å². The van der Waals surface area contributed by atoms with Crippen LogP contribution in [0.2, 0.25) is 0 Å². The number of likely N-dealkylation sites (N-methyl/N-ethyl adjacent to an activating group) is 1. The van der Waals surface area contributed by atoms with Gasteiger partial charge in [-0.05, 0) is 42.0 Å². The van der Waals surface area contributed by atoms with Crippen molar-refractivity contribution in [3.8, 4) is 11.5 Å². The number of rotatable bonds is 6. The van der Waals surface area contributed by atoms with Crippen molar-refractivity contribution in [3.63, 3.8) is 0 Å². The molecule has 128 valence electrons. The first-order valence-electron chi connectivity index (χ1n) is 7.87. The lowest BCUT2D eigenvalue weighted by molar-refractivity contribution is -0.891. The molecule has 0 saturated carbocycles. The number of nitrogens with one attached hydrogen (secondary N) is 3. The minimum absolute atomic E-state index is 0.199. The van der Waals surface area contributed by atoms with Crippen molar-refractivity contribution >= 4 is 17.3 Å². The maximum atomic E-state index is 5.51. The molecule has 2 aromatic rings. The monoisotopic (exact) mass is 348 g/mol. The van der Waals surface area contributed by atoms with Gasteiger partial charge in [-0.2, -0.15) is 0 Å². The van der Waals surface area contributed by atoms with E-state index in [4.69, 9.17) is 26.1 Å². The lowest BCUT2D eigenvalue weighted by atomic mass is 10.2. The van der Waals surface area contributed by atoms with Crippen LogP contribution < -0.4 is 25.0 Å². The summed E-state index contributed by atoms with van der Waals surface area (Å²) in [4.78, 5) is 1.27. The first-order chi connectivity index (χ1) is 11.6. The van der Waals surface area contributed by atoms with Gasteiger partial charge in [0.1, 0.15) is 0 Å². The number of ether oxygens (including phenoxy) is 2. The van der Waals surface area contributed by atoms with Crippen LogP contribution in [-0.2, 0) is 6.54 Å². The largest absolute Gasteiger partial charge is 0.463 e. The van der Waals surface area contributed by atoms with Crippen LogP contribution in [0, 0.1) is 0 Å². The van der Waals surface area contributed by atoms with Gasteiger partial charge in [-0.1, -0.05) is 6.07 Å². The molecular weight excluding hydrogens is 326 g/mol. The Morgan fingerprint density at radius 3 is 2.79 bits per heavy atom. The maximum absolute atomic E-state index is 5.51. The molecule has 1 aliphatic heterocycles. The van der Waals surface area contributed by atoms with Gasteiger partial charge in [0.05, 0.1) is 26.9 Å². The van der Waals surface area contributed by atoms with Gasteiger partial charge in [0.15, 0.2) is 28.4 Å². The third-order valence-electron chi connectivity index (χ3n) is 3.94. The van der Waals surface area contributed by atoms with Crippen LogP contribution in [0.25, 0.3) is 0 Å². The van der Waals surface area contributed by atoms with E-state index in [0.29, 0.717) is 18.2 Å². The lowest BCUT2D eigenvalue weighted by Crippen LogP contribution is -3.07. The molecule has 0 amide bonds. The Bertz CT molecular complexity index is 688. The Labute approximate surface area is 146 Å². The molecule has 6 nitrogen and oxygen atoms in total. The van der Waals surface area contributed by atoms with Gasteiger partial charge >= 0.3 is 0 Å². The van der Waals surface area contributed by atoms with Gasteiger partial charge in [0, 0.05) is 6.54 Å². The van der Waals surface area contributed by atoms with E-state index in [1.165, 1.54) is 4.90 Å². The summed E-state index contributed by atoms with van der Waals surface area (Å²) >= 11 is 5.37. The molecule has 0 unspecified atom stereocenters. The molecule has 3 rings (SSSR count). The quantitative estimate of drug-likeness (QED) is 0.673. The molecule has 0 bridgehead atoms. The predicted molar refractivity (Wildman–Crippen MR) is 94.3 cm³/mol. The van der Waals surface area contributed by atoms with Crippen LogP contribution in [0.1, 0.15) is 17.4 Å². The molecule has 1 aromatic heterocycles. The van der Waals surface area contributed by atoms with E-state index in [1.54, 1.807) is 6.26 Å². The van der Waals surface area contributed by atoms with Crippen LogP contribution in [0.5, 0.6) is 11.5 Å². The average Bonchev–Trinajstić information content (AvgIpc) is 3.23. The van der Waals surface area contributed by atoms with E-state index < -0.39 is 0 Å². The van der Waals surface area contributed by atoms with Crippen molar-refractivity contribution < 1.29 is 18.8 Å². The molecule has 1 atom stereocenters. The fourth-order valence-electron chi connectivity index (χ4n) is 2.57. The predicted octanol–water partition coefficient (Wildman–Crippen LogP) is 0.858. The standard InChI is InChI=1S/C17H21N3O3S/c1-20(2)13(14-4-3-7-21-14)10-19-17(24)18-9-12-5-6-15-16(8-12)23-11-22-15/h3-8,13H,9-11H2,1-2H3,(H2,18,19,24)/p+1/t13-/m1/s1. The SMILES string of the molecule is C[NH+](C)[C@H](CNC(=S)NCc1ccc2c(c1)OCO2)c1ccco1. The van der Waals surface area contributed by atoms with Crippen molar-refractivity contribution in [2.75, 3.05) is 27.4 Å². The Morgan fingerprint density at radius 1 is 1.21 bits per heavy atom. The fourth-order valence-corrected chi connectivity index (χ4v) is 2.72. The Morgan fingerprint density at radius 2 is 2.04 bits per heavy atom. The van der Waals surface area contributed by atoms with E-state index in [1.807, 2.05) is 30.3 Å². The van der Waals surface area contributed by atoms with Gasteiger partial charge in [-0.15, -0.1) is 0 Å². The van der Waals surface area contributed by atoms with E-state index in [2.05, 4.69) is 24.7 Å². The van der Waals surface area contributed by atoms with Crippen molar-refractivity contribution in [2.24, 2.45) is 0 Å². The Balaban J connectivity index is 1.49. The van der Waals surface area contributed by atoms with Gasteiger partial charge in [0.25, 0.3) is 0 Å². The lowest BCUT2D eigenvalue weighted by Gasteiger charge is -2.20. The number of benzene rings is 1. The third-order valence-corrected chi connectivity index (χ3v) is 4.23. The van der Waals surface area contributed by atoms with Crippen molar-refractivity contribution in [1.82, 2.24) is 10.6 Å². The smallest absolute Gasteiger partial charge is 0.231 e. The summed E-state index contributed by atoms with van der Waals surface area (Å²) in [6, 6.07) is 9.97. The number of quaternary nitrogens is 1. The summed E-state index contributed by atoms with van der Waals surface area (Å²) in [6.45, 7) is 1.61.